The lowest BCUT2D eigenvalue weighted by molar-refractivity contribution is 0.146. The molecule has 3 nitrogen and oxygen atoms in total. The van der Waals surface area contributed by atoms with Crippen molar-refractivity contribution in [2.45, 2.75) is 6.92 Å². The van der Waals surface area contributed by atoms with Crippen LogP contribution in [-0.4, -0.2) is 27.4 Å². The molecule has 0 spiro atoms. The minimum atomic E-state index is 0.560. The molecule has 0 atom stereocenters. The fourth-order valence-electron chi connectivity index (χ4n) is 1.10. The zero-order valence-electron chi connectivity index (χ0n) is 8.87. The number of methoxy groups -OCH3 is 2. The summed E-state index contributed by atoms with van der Waals surface area (Å²) < 4.78 is 15.5. The van der Waals surface area contributed by atoms with Crippen LogP contribution in [-0.2, 0) is 4.74 Å². The molecule has 0 amide bonds. The Morgan fingerprint density at radius 3 is 2.57 bits per heavy atom. The molecule has 3 heteroatoms. The molecule has 1 aromatic carbocycles. The van der Waals surface area contributed by atoms with Crippen molar-refractivity contribution < 1.29 is 14.2 Å². The second kappa shape index (κ2) is 5.50. The number of rotatable bonds is 5. The van der Waals surface area contributed by atoms with Crippen LogP contribution in [0.3, 0.4) is 0 Å². The molecule has 0 unspecified atom stereocenters. The smallest absolute Gasteiger partial charge is 0.126 e. The van der Waals surface area contributed by atoms with Crippen LogP contribution in [0.2, 0.25) is 0 Å². The van der Waals surface area contributed by atoms with Crippen LogP contribution < -0.4 is 9.47 Å². The second-order valence-corrected chi connectivity index (χ2v) is 2.97. The number of hydrogen-bond acceptors (Lipinski definition) is 3. The first-order chi connectivity index (χ1) is 6.77. The van der Waals surface area contributed by atoms with E-state index >= 15 is 0 Å². The summed E-state index contributed by atoms with van der Waals surface area (Å²) in [4.78, 5) is 0. The van der Waals surface area contributed by atoms with Gasteiger partial charge in [-0.1, -0.05) is 6.07 Å². The van der Waals surface area contributed by atoms with Gasteiger partial charge in [-0.05, 0) is 18.6 Å². The first-order valence-corrected chi connectivity index (χ1v) is 4.54. The molecule has 14 heavy (non-hydrogen) atoms. The SMILES string of the molecule is COCCOc1cc(OC)ccc1C. The van der Waals surface area contributed by atoms with Crippen molar-refractivity contribution in [1.29, 1.82) is 0 Å². The van der Waals surface area contributed by atoms with Crippen molar-refractivity contribution in [3.8, 4) is 11.5 Å². The lowest BCUT2D eigenvalue weighted by Gasteiger charge is -2.09. The largest absolute Gasteiger partial charge is 0.497 e. The van der Waals surface area contributed by atoms with Crippen LogP contribution in [0, 0.1) is 6.92 Å². The van der Waals surface area contributed by atoms with E-state index in [1.54, 1.807) is 14.2 Å². The van der Waals surface area contributed by atoms with E-state index in [0.29, 0.717) is 13.2 Å². The van der Waals surface area contributed by atoms with Gasteiger partial charge in [-0.3, -0.25) is 0 Å². The van der Waals surface area contributed by atoms with Gasteiger partial charge in [-0.15, -0.1) is 0 Å². The van der Waals surface area contributed by atoms with Gasteiger partial charge in [0.25, 0.3) is 0 Å². The van der Waals surface area contributed by atoms with Crippen LogP contribution >= 0.6 is 0 Å². The topological polar surface area (TPSA) is 27.7 Å². The molecule has 78 valence electrons. The van der Waals surface area contributed by atoms with Gasteiger partial charge >= 0.3 is 0 Å². The van der Waals surface area contributed by atoms with Gasteiger partial charge in [0, 0.05) is 13.2 Å². The van der Waals surface area contributed by atoms with E-state index in [2.05, 4.69) is 0 Å². The lowest BCUT2D eigenvalue weighted by Crippen LogP contribution is -2.05. The third kappa shape index (κ3) is 2.92. The first kappa shape index (κ1) is 10.9. The van der Waals surface area contributed by atoms with E-state index in [9.17, 15) is 0 Å². The third-order valence-corrected chi connectivity index (χ3v) is 1.94. The summed E-state index contributed by atoms with van der Waals surface area (Å²) in [6, 6.07) is 5.77. The van der Waals surface area contributed by atoms with Gasteiger partial charge in [0.15, 0.2) is 0 Å². The Bertz CT molecular complexity index is 284. The molecule has 1 rings (SSSR count). The number of ether oxygens (including phenoxy) is 3. The molecular formula is C11H16O3. The van der Waals surface area contributed by atoms with Crippen molar-refractivity contribution in [3.05, 3.63) is 23.8 Å². The predicted molar refractivity (Wildman–Crippen MR) is 55.1 cm³/mol. The highest BCUT2D eigenvalue weighted by Gasteiger charge is 2.01. The second-order valence-electron chi connectivity index (χ2n) is 2.97. The maximum Gasteiger partial charge on any atom is 0.126 e. The van der Waals surface area contributed by atoms with Crippen molar-refractivity contribution >= 4 is 0 Å². The first-order valence-electron chi connectivity index (χ1n) is 4.54. The summed E-state index contributed by atoms with van der Waals surface area (Å²) in [7, 11) is 3.30. The normalized spacial score (nSPS) is 9.93. The maximum absolute atomic E-state index is 5.51. The summed E-state index contributed by atoms with van der Waals surface area (Å²) >= 11 is 0. The summed E-state index contributed by atoms with van der Waals surface area (Å²) in [5.74, 6) is 1.66. The van der Waals surface area contributed by atoms with Crippen LogP contribution in [0.4, 0.5) is 0 Å². The quantitative estimate of drug-likeness (QED) is 0.674. The minimum Gasteiger partial charge on any atom is -0.497 e. The summed E-state index contributed by atoms with van der Waals surface area (Å²) in [5.41, 5.74) is 1.10. The van der Waals surface area contributed by atoms with Gasteiger partial charge < -0.3 is 14.2 Å². The van der Waals surface area contributed by atoms with E-state index in [-0.39, 0.29) is 0 Å². The molecular weight excluding hydrogens is 180 g/mol. The highest BCUT2D eigenvalue weighted by molar-refractivity contribution is 5.39. The highest BCUT2D eigenvalue weighted by atomic mass is 16.5. The van der Waals surface area contributed by atoms with Crippen molar-refractivity contribution in [1.82, 2.24) is 0 Å². The Labute approximate surface area is 84.6 Å². The molecule has 0 aliphatic rings. The molecule has 1 aromatic rings. The maximum atomic E-state index is 5.51. The lowest BCUT2D eigenvalue weighted by atomic mass is 10.2. The van der Waals surface area contributed by atoms with E-state index in [1.807, 2.05) is 25.1 Å². The molecule has 0 saturated carbocycles. The molecule has 0 aliphatic carbocycles. The average Bonchev–Trinajstić information content (AvgIpc) is 2.21. The number of aryl methyl sites for hydroxylation is 1. The summed E-state index contributed by atoms with van der Waals surface area (Å²) in [5, 5.41) is 0. The predicted octanol–water partition coefficient (Wildman–Crippen LogP) is 2.03. The summed E-state index contributed by atoms with van der Waals surface area (Å²) in [6.07, 6.45) is 0. The van der Waals surface area contributed by atoms with Gasteiger partial charge in [0.05, 0.1) is 13.7 Å². The fourth-order valence-corrected chi connectivity index (χ4v) is 1.10. The zero-order chi connectivity index (χ0) is 10.4. The monoisotopic (exact) mass is 196 g/mol. The van der Waals surface area contributed by atoms with E-state index in [4.69, 9.17) is 14.2 Å². The Morgan fingerprint density at radius 1 is 1.14 bits per heavy atom. The molecule has 0 aromatic heterocycles. The zero-order valence-corrected chi connectivity index (χ0v) is 8.87. The fraction of sp³-hybridized carbons (Fsp3) is 0.455. The van der Waals surface area contributed by atoms with Crippen molar-refractivity contribution in [2.24, 2.45) is 0 Å². The van der Waals surface area contributed by atoms with Gasteiger partial charge in [0.2, 0.25) is 0 Å². The van der Waals surface area contributed by atoms with Crippen LogP contribution in [0.5, 0.6) is 11.5 Å². The molecule has 0 aliphatic heterocycles. The summed E-state index contributed by atoms with van der Waals surface area (Å²) in [6.45, 7) is 3.16. The number of hydrogen-bond donors (Lipinski definition) is 0. The molecule has 0 heterocycles. The van der Waals surface area contributed by atoms with E-state index in [0.717, 1.165) is 17.1 Å². The van der Waals surface area contributed by atoms with Gasteiger partial charge in [-0.2, -0.15) is 0 Å². The number of benzene rings is 1. The molecule has 0 saturated heterocycles. The van der Waals surface area contributed by atoms with Crippen molar-refractivity contribution in [2.75, 3.05) is 27.4 Å². The average molecular weight is 196 g/mol. The molecule has 0 fully saturated rings. The third-order valence-electron chi connectivity index (χ3n) is 1.94. The van der Waals surface area contributed by atoms with Crippen LogP contribution in [0.25, 0.3) is 0 Å². The minimum absolute atomic E-state index is 0.560. The highest BCUT2D eigenvalue weighted by Crippen LogP contribution is 2.23. The van der Waals surface area contributed by atoms with Gasteiger partial charge in [-0.25, -0.2) is 0 Å². The van der Waals surface area contributed by atoms with Crippen LogP contribution in [0.15, 0.2) is 18.2 Å². The van der Waals surface area contributed by atoms with Crippen LogP contribution in [0.1, 0.15) is 5.56 Å². The standard InChI is InChI=1S/C11H16O3/c1-9-4-5-10(13-3)8-11(9)14-7-6-12-2/h4-5,8H,6-7H2,1-3H3. The van der Waals surface area contributed by atoms with Gasteiger partial charge in [0.1, 0.15) is 18.1 Å². The van der Waals surface area contributed by atoms with E-state index < -0.39 is 0 Å². The Morgan fingerprint density at radius 2 is 1.93 bits per heavy atom. The molecule has 0 N–H and O–H groups in total. The van der Waals surface area contributed by atoms with E-state index in [1.165, 1.54) is 0 Å². The molecule has 0 bridgehead atoms. The van der Waals surface area contributed by atoms with Crippen molar-refractivity contribution in [3.63, 3.8) is 0 Å². The Hall–Kier alpha value is -1.22. The molecule has 0 radical (unpaired) electrons. The Kier molecular flexibility index (Phi) is 4.26. The Balaban J connectivity index is 2.64.